The molecule has 2 aliphatic rings. The van der Waals surface area contributed by atoms with Crippen LogP contribution in [0, 0.1) is 5.82 Å². The van der Waals surface area contributed by atoms with E-state index in [4.69, 9.17) is 4.74 Å². The van der Waals surface area contributed by atoms with Crippen molar-refractivity contribution in [3.63, 3.8) is 0 Å². The Labute approximate surface area is 194 Å². The Morgan fingerprint density at radius 2 is 2.15 bits per heavy atom. The highest BCUT2D eigenvalue weighted by Crippen LogP contribution is 2.31. The number of ether oxygens (including phenoxy) is 1. The van der Waals surface area contributed by atoms with Crippen LogP contribution in [0.2, 0.25) is 0 Å². The van der Waals surface area contributed by atoms with Crippen molar-refractivity contribution in [1.82, 2.24) is 25.3 Å². The maximum atomic E-state index is 15.1. The lowest BCUT2D eigenvalue weighted by Crippen LogP contribution is -2.33. The van der Waals surface area contributed by atoms with Gasteiger partial charge in [-0.15, -0.1) is 0 Å². The van der Waals surface area contributed by atoms with Gasteiger partial charge < -0.3 is 15.0 Å². The number of rotatable bonds is 5. The molecule has 2 aliphatic heterocycles. The summed E-state index contributed by atoms with van der Waals surface area (Å²) in [7, 11) is 0. The predicted molar refractivity (Wildman–Crippen MR) is 121 cm³/mol. The molecule has 1 N–H and O–H groups in total. The van der Waals surface area contributed by atoms with Crippen LogP contribution >= 0.6 is 0 Å². The maximum Gasteiger partial charge on any atom is 0.414 e. The number of amides is 2. The lowest BCUT2D eigenvalue weighted by atomic mass is 10.1. The largest absolute Gasteiger partial charge is 0.442 e. The van der Waals surface area contributed by atoms with Gasteiger partial charge in [-0.3, -0.25) is 14.7 Å². The Morgan fingerprint density at radius 3 is 2.91 bits per heavy atom. The average molecular weight is 463 g/mol. The number of hydrogen-bond acceptors (Lipinski definition) is 8. The van der Waals surface area contributed by atoms with Crippen LogP contribution in [0.4, 0.5) is 20.6 Å². The Balaban J connectivity index is 1.29. The summed E-state index contributed by atoms with van der Waals surface area (Å²) >= 11 is 0. The highest BCUT2D eigenvalue weighted by atomic mass is 19.1. The van der Waals surface area contributed by atoms with Gasteiger partial charge in [-0.1, -0.05) is 0 Å². The first-order valence-electron chi connectivity index (χ1n) is 10.9. The second-order valence-electron chi connectivity index (χ2n) is 8.12. The van der Waals surface area contributed by atoms with Gasteiger partial charge in [0, 0.05) is 50.6 Å². The van der Waals surface area contributed by atoms with Crippen LogP contribution in [0.5, 0.6) is 0 Å². The number of nitrogens with zero attached hydrogens (tertiary/aromatic N) is 6. The number of anilines is 2. The molecule has 1 unspecified atom stereocenters. The highest BCUT2D eigenvalue weighted by molar-refractivity contribution is 5.90. The molecule has 174 valence electrons. The molecule has 1 aromatic carbocycles. The fraction of sp³-hybridized carbons (Fsp3) is 0.304. The third kappa shape index (κ3) is 4.36. The maximum absolute atomic E-state index is 15.1. The number of nitrogens with one attached hydrogen (secondary N) is 1. The van der Waals surface area contributed by atoms with Crippen molar-refractivity contribution in [1.29, 1.82) is 0 Å². The number of fused-ring (bicyclic) bond motifs is 1. The number of carbonyl (C=O) groups excluding carboxylic acids is 2. The number of benzene rings is 1. The lowest BCUT2D eigenvalue weighted by Gasteiger charge is -2.30. The van der Waals surface area contributed by atoms with E-state index in [0.29, 0.717) is 42.4 Å². The zero-order valence-electron chi connectivity index (χ0n) is 18.4. The molecular formula is C23H22FN7O3. The van der Waals surface area contributed by atoms with E-state index >= 15 is 4.39 Å². The van der Waals surface area contributed by atoms with Crippen molar-refractivity contribution in [2.45, 2.75) is 26.0 Å². The minimum Gasteiger partial charge on any atom is -0.442 e. The van der Waals surface area contributed by atoms with Gasteiger partial charge in [0.25, 0.3) is 0 Å². The molecular weight excluding hydrogens is 441 g/mol. The molecule has 0 bridgehead atoms. The number of hydrogen-bond donors (Lipinski definition) is 1. The van der Waals surface area contributed by atoms with E-state index in [0.717, 1.165) is 11.3 Å². The predicted octanol–water partition coefficient (Wildman–Crippen LogP) is 2.10. The summed E-state index contributed by atoms with van der Waals surface area (Å²) in [6, 6.07) is 4.70. The first-order valence-corrected chi connectivity index (χ1v) is 10.9. The van der Waals surface area contributed by atoms with Gasteiger partial charge in [-0.2, -0.15) is 0 Å². The summed E-state index contributed by atoms with van der Waals surface area (Å²) in [5, 5.41) is 2.62. The first-order chi connectivity index (χ1) is 16.5. The smallest absolute Gasteiger partial charge is 0.414 e. The normalized spacial score (nSPS) is 17.4. The summed E-state index contributed by atoms with van der Waals surface area (Å²) in [6.45, 7) is 2.90. The second kappa shape index (κ2) is 9.00. The van der Waals surface area contributed by atoms with Gasteiger partial charge in [0.2, 0.25) is 5.91 Å². The van der Waals surface area contributed by atoms with E-state index in [9.17, 15) is 9.59 Å². The van der Waals surface area contributed by atoms with Gasteiger partial charge >= 0.3 is 6.09 Å². The third-order valence-electron chi connectivity index (χ3n) is 5.76. The molecule has 34 heavy (non-hydrogen) atoms. The Morgan fingerprint density at radius 1 is 1.26 bits per heavy atom. The number of aromatic nitrogens is 4. The van der Waals surface area contributed by atoms with E-state index in [1.54, 1.807) is 36.9 Å². The molecule has 5 rings (SSSR count). The molecule has 0 aliphatic carbocycles. The fourth-order valence-corrected chi connectivity index (χ4v) is 4.08. The van der Waals surface area contributed by atoms with Crippen molar-refractivity contribution in [2.24, 2.45) is 0 Å². The Kier molecular flexibility index (Phi) is 5.74. The Hall–Kier alpha value is -4.15. The van der Waals surface area contributed by atoms with Crippen LogP contribution in [0.1, 0.15) is 18.2 Å². The molecule has 1 saturated heterocycles. The number of carbonyl (C=O) groups is 2. The van der Waals surface area contributed by atoms with Crippen LogP contribution < -0.4 is 15.1 Å². The quantitative estimate of drug-likeness (QED) is 0.612. The van der Waals surface area contributed by atoms with E-state index in [2.05, 4.69) is 25.3 Å². The molecule has 2 amide bonds. The minimum atomic E-state index is -0.564. The third-order valence-corrected chi connectivity index (χ3v) is 5.76. The molecule has 4 heterocycles. The molecule has 3 aromatic rings. The van der Waals surface area contributed by atoms with Crippen LogP contribution in [0.3, 0.4) is 0 Å². The zero-order chi connectivity index (χ0) is 23.7. The molecule has 10 nitrogen and oxygen atoms in total. The fourth-order valence-electron chi connectivity index (χ4n) is 4.08. The van der Waals surface area contributed by atoms with Crippen molar-refractivity contribution in [3.05, 3.63) is 60.1 Å². The van der Waals surface area contributed by atoms with Crippen molar-refractivity contribution >= 4 is 23.4 Å². The average Bonchev–Trinajstić information content (AvgIpc) is 3.23. The molecule has 0 saturated carbocycles. The second-order valence-corrected chi connectivity index (χ2v) is 8.12. The molecule has 1 fully saturated rings. The van der Waals surface area contributed by atoms with Crippen LogP contribution in [-0.4, -0.2) is 57.7 Å². The molecule has 11 heteroatoms. The van der Waals surface area contributed by atoms with E-state index < -0.39 is 18.0 Å². The summed E-state index contributed by atoms with van der Waals surface area (Å²) < 4.78 is 20.4. The van der Waals surface area contributed by atoms with Crippen molar-refractivity contribution in [2.75, 3.05) is 29.4 Å². The SMILES string of the molecule is CC(=O)NCC1CN(c2ccc(N3CCc4nc(-c5cnccn5)ncc4C3)c(F)c2)C(=O)O1. The van der Waals surface area contributed by atoms with Gasteiger partial charge in [-0.25, -0.2) is 24.1 Å². The van der Waals surface area contributed by atoms with Gasteiger partial charge in [0.1, 0.15) is 17.6 Å². The summed E-state index contributed by atoms with van der Waals surface area (Å²) in [5.41, 5.74) is 3.29. The molecule has 0 spiro atoms. The van der Waals surface area contributed by atoms with E-state index in [1.165, 1.54) is 17.9 Å². The number of cyclic esters (lactones) is 1. The number of halogens is 1. The summed E-state index contributed by atoms with van der Waals surface area (Å²) in [4.78, 5) is 43.9. The van der Waals surface area contributed by atoms with Crippen LogP contribution in [0.15, 0.2) is 43.0 Å². The lowest BCUT2D eigenvalue weighted by molar-refractivity contribution is -0.119. The van der Waals surface area contributed by atoms with Crippen molar-refractivity contribution in [3.8, 4) is 11.5 Å². The summed E-state index contributed by atoms with van der Waals surface area (Å²) in [6.07, 6.45) is 6.14. The van der Waals surface area contributed by atoms with Gasteiger partial charge in [-0.05, 0) is 18.2 Å². The standard InChI is InChI=1S/C23H22FN7O3/c1-14(32)27-10-17-13-31(23(33)34-17)16-2-3-21(18(24)8-16)30-7-4-19-15(12-30)9-28-22(29-19)20-11-25-5-6-26-20/h2-3,5-6,8-9,11,17H,4,7,10,12-13H2,1H3,(H,27,32). The molecule has 2 aromatic heterocycles. The zero-order valence-corrected chi connectivity index (χ0v) is 18.4. The highest BCUT2D eigenvalue weighted by Gasteiger charge is 2.33. The molecule has 0 radical (unpaired) electrons. The monoisotopic (exact) mass is 463 g/mol. The Bertz CT molecular complexity index is 1240. The van der Waals surface area contributed by atoms with Gasteiger partial charge in [0.05, 0.1) is 36.4 Å². The van der Waals surface area contributed by atoms with Crippen LogP contribution in [-0.2, 0) is 22.5 Å². The topological polar surface area (TPSA) is 113 Å². The van der Waals surface area contributed by atoms with E-state index in [1.807, 2.05) is 4.90 Å². The van der Waals surface area contributed by atoms with Crippen molar-refractivity contribution < 1.29 is 18.7 Å². The van der Waals surface area contributed by atoms with Crippen LogP contribution in [0.25, 0.3) is 11.5 Å². The minimum absolute atomic E-state index is 0.205. The van der Waals surface area contributed by atoms with E-state index in [-0.39, 0.29) is 19.0 Å². The van der Waals surface area contributed by atoms with Gasteiger partial charge in [0.15, 0.2) is 5.82 Å². The molecule has 1 atom stereocenters. The first kappa shape index (κ1) is 21.7. The summed E-state index contributed by atoms with van der Waals surface area (Å²) in [5.74, 6) is -0.121.